The molecule has 1 N–H and O–H groups in total. The van der Waals surface area contributed by atoms with Crippen molar-refractivity contribution in [3.63, 3.8) is 0 Å². The largest absolute Gasteiger partial charge is 0.481 e. The number of carbonyl (C=O) groups is 1. The van der Waals surface area contributed by atoms with Gasteiger partial charge in [-0.15, -0.1) is 0 Å². The van der Waals surface area contributed by atoms with E-state index in [1.54, 1.807) is 0 Å². The van der Waals surface area contributed by atoms with E-state index in [4.69, 9.17) is 0 Å². The molecule has 3 heteroatoms. The van der Waals surface area contributed by atoms with Crippen LogP contribution in [0.4, 0.5) is 0 Å². The number of benzene rings is 1. The van der Waals surface area contributed by atoms with E-state index < -0.39 is 5.97 Å². The molecule has 3 rings (SSSR count). The number of hydrogen-bond donors (Lipinski definition) is 1. The predicted octanol–water partition coefficient (Wildman–Crippen LogP) is 3.00. The van der Waals surface area contributed by atoms with Crippen LogP contribution >= 0.6 is 0 Å². The molecule has 0 amide bonds. The van der Waals surface area contributed by atoms with Crippen molar-refractivity contribution >= 4 is 16.9 Å². The highest BCUT2D eigenvalue weighted by molar-refractivity contribution is 5.83. The Morgan fingerprint density at radius 2 is 2.00 bits per heavy atom. The summed E-state index contributed by atoms with van der Waals surface area (Å²) >= 11 is 0. The quantitative estimate of drug-likeness (QED) is 0.881. The Morgan fingerprint density at radius 3 is 2.56 bits per heavy atom. The van der Waals surface area contributed by atoms with E-state index in [1.807, 2.05) is 33.0 Å². The number of carboxylic acid groups (broad SMARTS) is 1. The van der Waals surface area contributed by atoms with Crippen molar-refractivity contribution in [2.75, 3.05) is 0 Å². The monoisotopic (exact) mass is 243 g/mol. The van der Waals surface area contributed by atoms with Gasteiger partial charge in [-0.25, -0.2) is 0 Å². The average molecular weight is 243 g/mol. The molecular weight excluding hydrogens is 226 g/mol. The molecule has 0 bridgehead atoms. The van der Waals surface area contributed by atoms with Gasteiger partial charge in [0.15, 0.2) is 0 Å². The zero-order valence-corrected chi connectivity index (χ0v) is 10.8. The van der Waals surface area contributed by atoms with Gasteiger partial charge in [0.25, 0.3) is 0 Å². The first-order valence-electron chi connectivity index (χ1n) is 6.21. The van der Waals surface area contributed by atoms with E-state index in [0.29, 0.717) is 0 Å². The highest BCUT2D eigenvalue weighted by atomic mass is 16.4. The summed E-state index contributed by atoms with van der Waals surface area (Å²) < 4.78 is 2.13. The molecule has 0 aliphatic heterocycles. The number of para-hydroxylation sites is 1. The summed E-state index contributed by atoms with van der Waals surface area (Å²) in [5.41, 5.74) is 2.15. The van der Waals surface area contributed by atoms with Crippen LogP contribution in [0, 0.1) is 11.3 Å². The minimum Gasteiger partial charge on any atom is -0.481 e. The van der Waals surface area contributed by atoms with E-state index in [1.165, 1.54) is 10.9 Å². The van der Waals surface area contributed by atoms with Gasteiger partial charge in [0.05, 0.1) is 5.92 Å². The number of rotatable bonds is 2. The van der Waals surface area contributed by atoms with Gasteiger partial charge in [0.1, 0.15) is 0 Å². The first-order chi connectivity index (χ1) is 8.44. The number of aromatic nitrogens is 1. The van der Waals surface area contributed by atoms with Crippen molar-refractivity contribution in [3.05, 3.63) is 36.0 Å². The maximum absolute atomic E-state index is 11.3. The van der Waals surface area contributed by atoms with Crippen molar-refractivity contribution in [3.8, 4) is 0 Å². The minimum atomic E-state index is -0.685. The summed E-state index contributed by atoms with van der Waals surface area (Å²) in [5, 5.41) is 10.5. The molecule has 18 heavy (non-hydrogen) atoms. The van der Waals surface area contributed by atoms with Crippen LogP contribution in [0.5, 0.6) is 0 Å². The molecule has 1 aromatic carbocycles. The first-order valence-corrected chi connectivity index (χ1v) is 6.21. The van der Waals surface area contributed by atoms with Gasteiger partial charge in [0, 0.05) is 24.2 Å². The summed E-state index contributed by atoms with van der Waals surface area (Å²) in [6.07, 6.45) is 0. The van der Waals surface area contributed by atoms with E-state index in [-0.39, 0.29) is 17.3 Å². The number of aryl methyl sites for hydroxylation is 1. The third-order valence-corrected chi connectivity index (χ3v) is 4.40. The van der Waals surface area contributed by atoms with Gasteiger partial charge in [0.2, 0.25) is 0 Å². The third kappa shape index (κ3) is 1.33. The topological polar surface area (TPSA) is 42.2 Å². The Hall–Kier alpha value is -1.77. The number of carboxylic acids is 1. The molecule has 1 aliphatic carbocycles. The molecule has 2 aromatic rings. The van der Waals surface area contributed by atoms with E-state index in [2.05, 4.69) is 22.8 Å². The van der Waals surface area contributed by atoms with E-state index in [0.717, 1.165) is 5.69 Å². The van der Waals surface area contributed by atoms with Crippen molar-refractivity contribution in [1.29, 1.82) is 0 Å². The Bertz CT molecular complexity index is 639. The zero-order chi connectivity index (χ0) is 13.1. The first kappa shape index (κ1) is 11.3. The lowest BCUT2D eigenvalue weighted by atomic mass is 10.1. The normalized spacial score (nSPS) is 25.3. The molecule has 0 saturated heterocycles. The van der Waals surface area contributed by atoms with Gasteiger partial charge in [-0.2, -0.15) is 0 Å². The highest BCUT2D eigenvalue weighted by Crippen LogP contribution is 2.64. The molecule has 0 spiro atoms. The van der Waals surface area contributed by atoms with Crippen molar-refractivity contribution < 1.29 is 9.90 Å². The van der Waals surface area contributed by atoms with Crippen LogP contribution in [0.2, 0.25) is 0 Å². The molecule has 1 fully saturated rings. The molecule has 2 atom stereocenters. The Labute approximate surface area is 106 Å². The maximum Gasteiger partial charge on any atom is 0.307 e. The van der Waals surface area contributed by atoms with Crippen LogP contribution < -0.4 is 0 Å². The number of hydrogen-bond acceptors (Lipinski definition) is 1. The van der Waals surface area contributed by atoms with Crippen LogP contribution in [-0.2, 0) is 11.8 Å². The van der Waals surface area contributed by atoms with Crippen LogP contribution in [-0.4, -0.2) is 15.6 Å². The molecule has 0 radical (unpaired) electrons. The molecule has 1 aromatic heterocycles. The number of fused-ring (bicyclic) bond motifs is 1. The fourth-order valence-corrected chi connectivity index (χ4v) is 3.26. The number of aliphatic carboxylic acids is 1. The standard InChI is InChI=1S/C15H17NO2/c1-15(2)12(13(15)14(17)18)11-8-9-6-4-5-7-10(9)16(11)3/h4-8,12-13H,1-3H3,(H,17,18). The van der Waals surface area contributed by atoms with Gasteiger partial charge in [-0.05, 0) is 22.9 Å². The maximum atomic E-state index is 11.3. The lowest BCUT2D eigenvalue weighted by Crippen LogP contribution is -2.03. The fourth-order valence-electron chi connectivity index (χ4n) is 3.26. The third-order valence-electron chi connectivity index (χ3n) is 4.40. The minimum absolute atomic E-state index is 0.118. The Kier molecular flexibility index (Phi) is 2.12. The van der Waals surface area contributed by atoms with Crippen LogP contribution in [0.25, 0.3) is 10.9 Å². The molecule has 94 valence electrons. The molecule has 1 aliphatic rings. The van der Waals surface area contributed by atoms with Gasteiger partial charge >= 0.3 is 5.97 Å². The summed E-state index contributed by atoms with van der Waals surface area (Å²) in [6, 6.07) is 10.3. The summed E-state index contributed by atoms with van der Waals surface area (Å²) in [7, 11) is 2.02. The molecule has 1 saturated carbocycles. The van der Waals surface area contributed by atoms with Gasteiger partial charge in [-0.3, -0.25) is 4.79 Å². The molecule has 2 unspecified atom stereocenters. The fraction of sp³-hybridized carbons (Fsp3) is 0.400. The smallest absolute Gasteiger partial charge is 0.307 e. The lowest BCUT2D eigenvalue weighted by molar-refractivity contribution is -0.139. The zero-order valence-electron chi connectivity index (χ0n) is 10.8. The second-order valence-electron chi connectivity index (χ2n) is 5.80. The molecular formula is C15H17NO2. The van der Waals surface area contributed by atoms with Gasteiger partial charge in [-0.1, -0.05) is 32.0 Å². The predicted molar refractivity (Wildman–Crippen MR) is 70.6 cm³/mol. The van der Waals surface area contributed by atoms with Gasteiger partial charge < -0.3 is 9.67 Å². The van der Waals surface area contributed by atoms with E-state index in [9.17, 15) is 9.90 Å². The van der Waals surface area contributed by atoms with Crippen molar-refractivity contribution in [1.82, 2.24) is 4.57 Å². The Balaban J connectivity index is 2.12. The lowest BCUT2D eigenvalue weighted by Gasteiger charge is -2.05. The highest BCUT2D eigenvalue weighted by Gasteiger charge is 2.63. The summed E-state index contributed by atoms with van der Waals surface area (Å²) in [4.78, 5) is 11.3. The second-order valence-corrected chi connectivity index (χ2v) is 5.80. The summed E-state index contributed by atoms with van der Waals surface area (Å²) in [6.45, 7) is 4.07. The molecule has 1 heterocycles. The van der Waals surface area contributed by atoms with Crippen LogP contribution in [0.15, 0.2) is 30.3 Å². The van der Waals surface area contributed by atoms with E-state index >= 15 is 0 Å². The molecule has 3 nitrogen and oxygen atoms in total. The summed E-state index contributed by atoms with van der Waals surface area (Å²) in [5.74, 6) is -0.830. The van der Waals surface area contributed by atoms with Crippen molar-refractivity contribution in [2.24, 2.45) is 18.4 Å². The SMILES string of the molecule is Cn1c(C2C(C(=O)O)C2(C)C)cc2ccccc21. The average Bonchev–Trinajstić information content (AvgIpc) is 2.73. The van der Waals surface area contributed by atoms with Crippen LogP contribution in [0.1, 0.15) is 25.5 Å². The second kappa shape index (κ2) is 3.37. The van der Waals surface area contributed by atoms with Crippen molar-refractivity contribution in [2.45, 2.75) is 19.8 Å². The Morgan fingerprint density at radius 1 is 1.33 bits per heavy atom. The van der Waals surface area contributed by atoms with Crippen LogP contribution in [0.3, 0.4) is 0 Å². The number of nitrogens with zero attached hydrogens (tertiary/aromatic N) is 1.